The molecule has 1 aliphatic heterocycles. The molecular formula is C14H21N. The zero-order valence-corrected chi connectivity index (χ0v) is 9.63. The highest BCUT2D eigenvalue weighted by molar-refractivity contribution is 5.24. The molecule has 1 aromatic carbocycles. The lowest BCUT2D eigenvalue weighted by molar-refractivity contribution is 0.427. The van der Waals surface area contributed by atoms with Crippen LogP contribution in [0.15, 0.2) is 24.3 Å². The quantitative estimate of drug-likeness (QED) is 0.735. The molecule has 0 spiro atoms. The number of benzene rings is 1. The summed E-state index contributed by atoms with van der Waals surface area (Å²) in [5.41, 5.74) is 2.81. The molecule has 1 atom stereocenters. The van der Waals surface area contributed by atoms with Crippen molar-refractivity contribution in [2.75, 3.05) is 6.54 Å². The highest BCUT2D eigenvalue weighted by Crippen LogP contribution is 2.22. The standard InChI is InChI=1S/C14H21N/c1-12-7-9-13(10-8-12)14-6-4-2-3-5-11-15-14/h7-10,14-15H,2-6,11H2,1H3. The normalized spacial score (nSPS) is 23.1. The second-order valence-corrected chi connectivity index (χ2v) is 4.62. The lowest BCUT2D eigenvalue weighted by Crippen LogP contribution is -2.23. The Morgan fingerprint density at radius 3 is 2.53 bits per heavy atom. The van der Waals surface area contributed by atoms with Crippen LogP contribution >= 0.6 is 0 Å². The number of aryl methyl sites for hydroxylation is 1. The molecule has 15 heavy (non-hydrogen) atoms. The zero-order valence-electron chi connectivity index (χ0n) is 9.63. The van der Waals surface area contributed by atoms with E-state index in [1.807, 2.05) is 0 Å². The molecule has 0 amide bonds. The van der Waals surface area contributed by atoms with Crippen LogP contribution in [0.5, 0.6) is 0 Å². The van der Waals surface area contributed by atoms with E-state index in [0.717, 1.165) is 0 Å². The average molecular weight is 203 g/mol. The Hall–Kier alpha value is -0.820. The van der Waals surface area contributed by atoms with Crippen molar-refractivity contribution in [2.45, 2.75) is 45.1 Å². The van der Waals surface area contributed by atoms with E-state index < -0.39 is 0 Å². The van der Waals surface area contributed by atoms with Gasteiger partial charge in [0.15, 0.2) is 0 Å². The molecule has 2 rings (SSSR count). The first-order valence-electron chi connectivity index (χ1n) is 6.16. The Morgan fingerprint density at radius 1 is 1.00 bits per heavy atom. The van der Waals surface area contributed by atoms with Gasteiger partial charge in [0, 0.05) is 6.04 Å². The van der Waals surface area contributed by atoms with Crippen molar-refractivity contribution in [2.24, 2.45) is 0 Å². The van der Waals surface area contributed by atoms with Crippen molar-refractivity contribution in [1.82, 2.24) is 5.32 Å². The molecule has 1 N–H and O–H groups in total. The molecule has 1 unspecified atom stereocenters. The maximum atomic E-state index is 3.66. The first-order chi connectivity index (χ1) is 7.36. The van der Waals surface area contributed by atoms with E-state index >= 15 is 0 Å². The summed E-state index contributed by atoms with van der Waals surface area (Å²) in [6, 6.07) is 9.57. The van der Waals surface area contributed by atoms with Gasteiger partial charge >= 0.3 is 0 Å². The number of rotatable bonds is 1. The molecule has 1 aliphatic rings. The van der Waals surface area contributed by atoms with Crippen LogP contribution in [0.4, 0.5) is 0 Å². The van der Waals surface area contributed by atoms with Crippen molar-refractivity contribution in [3.63, 3.8) is 0 Å². The molecule has 1 fully saturated rings. The summed E-state index contributed by atoms with van der Waals surface area (Å²) in [6.45, 7) is 3.33. The van der Waals surface area contributed by atoms with Gasteiger partial charge in [-0.3, -0.25) is 0 Å². The third kappa shape index (κ3) is 3.07. The van der Waals surface area contributed by atoms with Crippen LogP contribution in [0, 0.1) is 6.92 Å². The maximum absolute atomic E-state index is 3.66. The molecular weight excluding hydrogens is 182 g/mol. The van der Waals surface area contributed by atoms with Crippen molar-refractivity contribution in [3.05, 3.63) is 35.4 Å². The fraction of sp³-hybridized carbons (Fsp3) is 0.571. The number of nitrogens with one attached hydrogen (secondary N) is 1. The van der Waals surface area contributed by atoms with E-state index in [1.54, 1.807) is 0 Å². The highest BCUT2D eigenvalue weighted by atomic mass is 14.9. The molecule has 1 aromatic rings. The van der Waals surface area contributed by atoms with Gasteiger partial charge in [-0.15, -0.1) is 0 Å². The lowest BCUT2D eigenvalue weighted by Gasteiger charge is -2.21. The molecule has 1 saturated heterocycles. The van der Waals surface area contributed by atoms with E-state index in [-0.39, 0.29) is 0 Å². The maximum Gasteiger partial charge on any atom is 0.0320 e. The molecule has 1 heteroatoms. The van der Waals surface area contributed by atoms with Crippen molar-refractivity contribution in [3.8, 4) is 0 Å². The lowest BCUT2D eigenvalue weighted by atomic mass is 9.97. The minimum atomic E-state index is 0.589. The summed E-state index contributed by atoms with van der Waals surface area (Å²) in [5, 5.41) is 3.66. The molecule has 0 bridgehead atoms. The van der Waals surface area contributed by atoms with E-state index in [4.69, 9.17) is 0 Å². The van der Waals surface area contributed by atoms with Gasteiger partial charge in [-0.05, 0) is 31.9 Å². The van der Waals surface area contributed by atoms with Gasteiger partial charge in [-0.2, -0.15) is 0 Å². The second-order valence-electron chi connectivity index (χ2n) is 4.62. The van der Waals surface area contributed by atoms with Crippen molar-refractivity contribution in [1.29, 1.82) is 0 Å². The van der Waals surface area contributed by atoms with Crippen LogP contribution < -0.4 is 5.32 Å². The molecule has 82 valence electrons. The summed E-state index contributed by atoms with van der Waals surface area (Å²) in [7, 11) is 0. The Bertz CT molecular complexity index is 281. The van der Waals surface area contributed by atoms with Crippen LogP contribution in [-0.2, 0) is 0 Å². The largest absolute Gasteiger partial charge is 0.310 e. The van der Waals surface area contributed by atoms with Gasteiger partial charge in [0.05, 0.1) is 0 Å². The Kier molecular flexibility index (Phi) is 3.79. The minimum Gasteiger partial charge on any atom is -0.310 e. The van der Waals surface area contributed by atoms with Gasteiger partial charge in [0.2, 0.25) is 0 Å². The second kappa shape index (κ2) is 5.32. The third-order valence-electron chi connectivity index (χ3n) is 3.29. The van der Waals surface area contributed by atoms with Crippen LogP contribution in [0.25, 0.3) is 0 Å². The van der Waals surface area contributed by atoms with Gasteiger partial charge in [-0.1, -0.05) is 49.1 Å². The molecule has 1 nitrogen and oxygen atoms in total. The first-order valence-corrected chi connectivity index (χ1v) is 6.16. The Morgan fingerprint density at radius 2 is 1.73 bits per heavy atom. The van der Waals surface area contributed by atoms with Gasteiger partial charge < -0.3 is 5.32 Å². The van der Waals surface area contributed by atoms with Crippen LogP contribution in [0.2, 0.25) is 0 Å². The predicted octanol–water partition coefficient (Wildman–Crippen LogP) is 3.59. The first kappa shape index (κ1) is 10.7. The predicted molar refractivity (Wildman–Crippen MR) is 65.0 cm³/mol. The Labute approximate surface area is 92.9 Å². The molecule has 0 saturated carbocycles. The molecule has 0 radical (unpaired) electrons. The summed E-state index contributed by atoms with van der Waals surface area (Å²) in [4.78, 5) is 0. The minimum absolute atomic E-state index is 0.589. The number of hydrogen-bond donors (Lipinski definition) is 1. The topological polar surface area (TPSA) is 12.0 Å². The smallest absolute Gasteiger partial charge is 0.0320 e. The fourth-order valence-electron chi connectivity index (χ4n) is 2.29. The molecule has 0 aromatic heterocycles. The summed E-state index contributed by atoms with van der Waals surface area (Å²) >= 11 is 0. The van der Waals surface area contributed by atoms with Gasteiger partial charge in [0.1, 0.15) is 0 Å². The highest BCUT2D eigenvalue weighted by Gasteiger charge is 2.11. The summed E-state index contributed by atoms with van der Waals surface area (Å²) < 4.78 is 0. The summed E-state index contributed by atoms with van der Waals surface area (Å²) in [5.74, 6) is 0. The summed E-state index contributed by atoms with van der Waals surface area (Å²) in [6.07, 6.45) is 6.80. The monoisotopic (exact) mass is 203 g/mol. The number of hydrogen-bond acceptors (Lipinski definition) is 1. The molecule has 0 aliphatic carbocycles. The zero-order chi connectivity index (χ0) is 10.5. The fourth-order valence-corrected chi connectivity index (χ4v) is 2.29. The van der Waals surface area contributed by atoms with Crippen molar-refractivity contribution >= 4 is 0 Å². The van der Waals surface area contributed by atoms with E-state index in [0.29, 0.717) is 6.04 Å². The van der Waals surface area contributed by atoms with Crippen LogP contribution in [0.1, 0.15) is 49.3 Å². The van der Waals surface area contributed by atoms with Gasteiger partial charge in [0.25, 0.3) is 0 Å². The van der Waals surface area contributed by atoms with E-state index in [2.05, 4.69) is 36.5 Å². The SMILES string of the molecule is Cc1ccc(C2CCCCCCN2)cc1. The average Bonchev–Trinajstić information content (AvgIpc) is 2.19. The van der Waals surface area contributed by atoms with Gasteiger partial charge in [-0.25, -0.2) is 0 Å². The van der Waals surface area contributed by atoms with E-state index in [9.17, 15) is 0 Å². The van der Waals surface area contributed by atoms with E-state index in [1.165, 1.54) is 49.8 Å². The van der Waals surface area contributed by atoms with Crippen LogP contribution in [0.3, 0.4) is 0 Å². The Balaban J connectivity index is 2.03. The van der Waals surface area contributed by atoms with Crippen LogP contribution in [-0.4, -0.2) is 6.54 Å². The van der Waals surface area contributed by atoms with Crippen molar-refractivity contribution < 1.29 is 0 Å². The molecule has 1 heterocycles. The third-order valence-corrected chi connectivity index (χ3v) is 3.29.